The first-order valence-electron chi connectivity index (χ1n) is 6.45. The molecule has 0 spiro atoms. The Labute approximate surface area is 127 Å². The average molecular weight is 305 g/mol. The van der Waals surface area contributed by atoms with E-state index < -0.39 is 0 Å². The molecule has 1 amide bonds. The number of benzene rings is 1. The number of hydrogen-bond acceptors (Lipinski definition) is 3. The lowest BCUT2D eigenvalue weighted by molar-refractivity contribution is -0.117. The molecule has 1 aromatic carbocycles. The molecule has 1 aromatic heterocycles. The number of hydrogen-bond donors (Lipinski definition) is 1. The lowest BCUT2D eigenvalue weighted by Crippen LogP contribution is -2.27. The van der Waals surface area contributed by atoms with E-state index in [1.807, 2.05) is 16.8 Å². The van der Waals surface area contributed by atoms with Crippen molar-refractivity contribution >= 4 is 23.3 Å². The number of halogens is 1. The summed E-state index contributed by atoms with van der Waals surface area (Å²) in [4.78, 5) is 11.7. The highest BCUT2D eigenvalue weighted by atomic mass is 32.1. The van der Waals surface area contributed by atoms with Crippen molar-refractivity contribution in [3.05, 3.63) is 64.1 Å². The molecule has 1 atom stereocenters. The molecular formula is C16H16FNO2S. The minimum atomic E-state index is -0.376. The molecule has 110 valence electrons. The fourth-order valence-electron chi connectivity index (χ4n) is 1.84. The van der Waals surface area contributed by atoms with Gasteiger partial charge < -0.3 is 10.1 Å². The van der Waals surface area contributed by atoms with E-state index in [0.717, 1.165) is 5.56 Å². The zero-order valence-corrected chi connectivity index (χ0v) is 12.4. The van der Waals surface area contributed by atoms with Crippen molar-refractivity contribution in [2.75, 3.05) is 13.7 Å². The van der Waals surface area contributed by atoms with Crippen LogP contribution in [-0.4, -0.2) is 19.6 Å². The molecule has 0 unspecified atom stereocenters. The molecule has 0 saturated heterocycles. The van der Waals surface area contributed by atoms with Crippen molar-refractivity contribution in [3.63, 3.8) is 0 Å². The van der Waals surface area contributed by atoms with Crippen LogP contribution in [0.4, 0.5) is 4.39 Å². The largest absolute Gasteiger partial charge is 0.375 e. The maximum atomic E-state index is 13.2. The van der Waals surface area contributed by atoms with Gasteiger partial charge in [0.15, 0.2) is 0 Å². The molecule has 2 aromatic rings. The lowest BCUT2D eigenvalue weighted by atomic mass is 10.1. The second kappa shape index (κ2) is 7.71. The van der Waals surface area contributed by atoms with Gasteiger partial charge in [-0.2, -0.15) is 11.3 Å². The van der Waals surface area contributed by atoms with E-state index in [1.54, 1.807) is 29.5 Å². The Morgan fingerprint density at radius 3 is 3.00 bits per heavy atom. The highest BCUT2D eigenvalue weighted by molar-refractivity contribution is 7.08. The van der Waals surface area contributed by atoms with E-state index in [1.165, 1.54) is 25.3 Å². The predicted molar refractivity (Wildman–Crippen MR) is 82.5 cm³/mol. The van der Waals surface area contributed by atoms with Crippen molar-refractivity contribution in [3.8, 4) is 0 Å². The SMILES string of the molecule is CO[C@H](CNC(=O)/C=C/c1ccsc1)c1cccc(F)c1. The van der Waals surface area contributed by atoms with E-state index in [-0.39, 0.29) is 24.4 Å². The van der Waals surface area contributed by atoms with Crippen LogP contribution in [0.3, 0.4) is 0 Å². The summed E-state index contributed by atoms with van der Waals surface area (Å²) < 4.78 is 18.5. The van der Waals surface area contributed by atoms with Gasteiger partial charge in [-0.15, -0.1) is 0 Å². The summed E-state index contributed by atoms with van der Waals surface area (Å²) in [6.07, 6.45) is 2.84. The molecule has 21 heavy (non-hydrogen) atoms. The molecule has 1 N–H and O–H groups in total. The summed E-state index contributed by atoms with van der Waals surface area (Å²) in [6.45, 7) is 0.284. The van der Waals surface area contributed by atoms with Crippen molar-refractivity contribution in [2.45, 2.75) is 6.10 Å². The van der Waals surface area contributed by atoms with Gasteiger partial charge in [-0.1, -0.05) is 12.1 Å². The van der Waals surface area contributed by atoms with Crippen LogP contribution in [0.2, 0.25) is 0 Å². The highest BCUT2D eigenvalue weighted by Gasteiger charge is 2.11. The van der Waals surface area contributed by atoms with Gasteiger partial charge in [-0.05, 0) is 46.2 Å². The van der Waals surface area contributed by atoms with Crippen LogP contribution in [0.1, 0.15) is 17.2 Å². The Morgan fingerprint density at radius 2 is 2.33 bits per heavy atom. The summed E-state index contributed by atoms with van der Waals surface area (Å²) >= 11 is 1.57. The quantitative estimate of drug-likeness (QED) is 0.831. The molecule has 0 radical (unpaired) electrons. The Kier molecular flexibility index (Phi) is 5.66. The van der Waals surface area contributed by atoms with Crippen LogP contribution in [0.25, 0.3) is 6.08 Å². The first-order chi connectivity index (χ1) is 10.2. The third kappa shape index (κ3) is 4.81. The minimum absolute atomic E-state index is 0.209. The standard InChI is InChI=1S/C16H16FNO2S/c1-20-15(13-3-2-4-14(17)9-13)10-18-16(19)6-5-12-7-8-21-11-12/h2-9,11,15H,10H2,1H3,(H,18,19)/b6-5+/t15-/m1/s1. The molecule has 1 heterocycles. The van der Waals surface area contributed by atoms with Crippen LogP contribution in [0.15, 0.2) is 47.2 Å². The van der Waals surface area contributed by atoms with Crippen LogP contribution >= 0.6 is 11.3 Å². The van der Waals surface area contributed by atoms with Crippen LogP contribution in [0, 0.1) is 5.82 Å². The second-order valence-corrected chi connectivity index (χ2v) is 5.19. The lowest BCUT2D eigenvalue weighted by Gasteiger charge is -2.16. The number of methoxy groups -OCH3 is 1. The second-order valence-electron chi connectivity index (χ2n) is 4.41. The number of nitrogens with one attached hydrogen (secondary N) is 1. The maximum Gasteiger partial charge on any atom is 0.244 e. The highest BCUT2D eigenvalue weighted by Crippen LogP contribution is 2.16. The first-order valence-corrected chi connectivity index (χ1v) is 7.39. The van der Waals surface area contributed by atoms with Gasteiger partial charge >= 0.3 is 0 Å². The minimum Gasteiger partial charge on any atom is -0.375 e. The van der Waals surface area contributed by atoms with Crippen LogP contribution < -0.4 is 5.32 Å². The van der Waals surface area contributed by atoms with E-state index in [4.69, 9.17) is 4.74 Å². The van der Waals surface area contributed by atoms with E-state index in [0.29, 0.717) is 5.56 Å². The molecule has 5 heteroatoms. The predicted octanol–water partition coefficient (Wildman–Crippen LogP) is 3.40. The molecule has 0 saturated carbocycles. The van der Waals surface area contributed by atoms with Crippen LogP contribution in [0.5, 0.6) is 0 Å². The Morgan fingerprint density at radius 1 is 1.48 bits per heavy atom. The fraction of sp³-hybridized carbons (Fsp3) is 0.188. The van der Waals surface area contributed by atoms with Crippen molar-refractivity contribution in [1.29, 1.82) is 0 Å². The molecule has 2 rings (SSSR count). The zero-order valence-electron chi connectivity index (χ0n) is 11.6. The van der Waals surface area contributed by atoms with Crippen molar-refractivity contribution in [1.82, 2.24) is 5.32 Å². The Balaban J connectivity index is 1.89. The van der Waals surface area contributed by atoms with E-state index >= 15 is 0 Å². The monoisotopic (exact) mass is 305 g/mol. The number of thiophene rings is 1. The van der Waals surface area contributed by atoms with Crippen molar-refractivity contribution < 1.29 is 13.9 Å². The van der Waals surface area contributed by atoms with Gasteiger partial charge in [-0.25, -0.2) is 4.39 Å². The van der Waals surface area contributed by atoms with Gasteiger partial charge in [0, 0.05) is 19.7 Å². The van der Waals surface area contributed by atoms with Gasteiger partial charge in [0.2, 0.25) is 5.91 Å². The fourth-order valence-corrected chi connectivity index (χ4v) is 2.47. The van der Waals surface area contributed by atoms with Gasteiger partial charge in [0.1, 0.15) is 5.82 Å². The zero-order chi connectivity index (χ0) is 15.1. The molecular weight excluding hydrogens is 289 g/mol. The van der Waals surface area contributed by atoms with Gasteiger partial charge in [0.25, 0.3) is 0 Å². The smallest absolute Gasteiger partial charge is 0.244 e. The Hall–Kier alpha value is -1.98. The number of rotatable bonds is 6. The molecule has 3 nitrogen and oxygen atoms in total. The summed E-state index contributed by atoms with van der Waals surface area (Å²) in [5, 5.41) is 6.64. The number of amides is 1. The maximum absolute atomic E-state index is 13.2. The summed E-state index contributed by atoms with van der Waals surface area (Å²) in [6, 6.07) is 8.10. The molecule has 0 aliphatic heterocycles. The summed E-state index contributed by atoms with van der Waals surface area (Å²) in [5.74, 6) is -0.530. The molecule has 0 fully saturated rings. The first kappa shape index (κ1) is 15.4. The topological polar surface area (TPSA) is 38.3 Å². The molecule has 0 aliphatic rings. The van der Waals surface area contributed by atoms with E-state index in [9.17, 15) is 9.18 Å². The summed E-state index contributed by atoms with van der Waals surface area (Å²) in [5.41, 5.74) is 1.68. The molecule has 0 aliphatic carbocycles. The normalized spacial score (nSPS) is 12.5. The third-order valence-electron chi connectivity index (χ3n) is 2.94. The van der Waals surface area contributed by atoms with Gasteiger partial charge in [0.05, 0.1) is 6.10 Å². The van der Waals surface area contributed by atoms with Crippen molar-refractivity contribution in [2.24, 2.45) is 0 Å². The summed E-state index contributed by atoms with van der Waals surface area (Å²) in [7, 11) is 1.53. The van der Waals surface area contributed by atoms with Crippen LogP contribution in [-0.2, 0) is 9.53 Å². The number of carbonyl (C=O) groups excluding carboxylic acids is 1. The van der Waals surface area contributed by atoms with E-state index in [2.05, 4.69) is 5.32 Å². The molecule has 0 bridgehead atoms. The number of ether oxygens (including phenoxy) is 1. The Bertz CT molecular complexity index is 610. The number of carbonyl (C=O) groups is 1. The average Bonchev–Trinajstić information content (AvgIpc) is 2.99. The third-order valence-corrected chi connectivity index (χ3v) is 3.64. The van der Waals surface area contributed by atoms with Gasteiger partial charge in [-0.3, -0.25) is 4.79 Å².